The fourth-order valence-electron chi connectivity index (χ4n) is 1.67. The smallest absolute Gasteiger partial charge is 0.115 e. The highest BCUT2D eigenvalue weighted by molar-refractivity contribution is 6.30. The van der Waals surface area contributed by atoms with E-state index in [1.165, 1.54) is 11.9 Å². The number of hydrogen-bond acceptors (Lipinski definition) is 3. The Balaban J connectivity index is 2.40. The Labute approximate surface area is 106 Å². The molecule has 0 saturated heterocycles. The van der Waals surface area contributed by atoms with Crippen molar-refractivity contribution in [2.75, 3.05) is 6.54 Å². The summed E-state index contributed by atoms with van der Waals surface area (Å²) in [5.41, 5.74) is 3.27. The van der Waals surface area contributed by atoms with Crippen molar-refractivity contribution in [3.8, 4) is 11.1 Å². The number of rotatable bonds is 4. The molecule has 2 rings (SSSR count). The van der Waals surface area contributed by atoms with Gasteiger partial charge in [0.15, 0.2) is 0 Å². The number of nitrogens with one attached hydrogen (secondary N) is 1. The molecule has 1 aromatic heterocycles. The molecule has 0 aliphatic heterocycles. The lowest BCUT2D eigenvalue weighted by molar-refractivity contribution is 0.728. The molecule has 1 aromatic carbocycles. The summed E-state index contributed by atoms with van der Waals surface area (Å²) in [6, 6.07) is 5.89. The molecule has 0 aliphatic rings. The molecule has 1 heterocycles. The molecule has 88 valence electrons. The third-order valence-corrected chi connectivity index (χ3v) is 2.74. The standard InChI is InChI=1S/C13H14ClN3/c1-2-15-6-10-3-4-12(14)5-13(10)11-7-16-9-17-8-11/h3-5,7-9,15H,2,6H2,1H3. The van der Waals surface area contributed by atoms with Crippen LogP contribution >= 0.6 is 11.6 Å². The van der Waals surface area contributed by atoms with Crippen LogP contribution < -0.4 is 5.32 Å². The third kappa shape index (κ3) is 3.02. The van der Waals surface area contributed by atoms with Crippen molar-refractivity contribution in [2.24, 2.45) is 0 Å². The van der Waals surface area contributed by atoms with E-state index < -0.39 is 0 Å². The summed E-state index contributed by atoms with van der Waals surface area (Å²) in [6.07, 6.45) is 5.13. The topological polar surface area (TPSA) is 37.8 Å². The van der Waals surface area contributed by atoms with Crippen LogP contribution in [0.4, 0.5) is 0 Å². The largest absolute Gasteiger partial charge is 0.313 e. The molecule has 4 heteroatoms. The van der Waals surface area contributed by atoms with Gasteiger partial charge in [0.2, 0.25) is 0 Å². The van der Waals surface area contributed by atoms with Crippen molar-refractivity contribution in [1.29, 1.82) is 0 Å². The molecule has 1 N–H and O–H groups in total. The lowest BCUT2D eigenvalue weighted by Crippen LogP contribution is -2.12. The Kier molecular flexibility index (Phi) is 4.07. The van der Waals surface area contributed by atoms with E-state index in [1.807, 2.05) is 18.2 Å². The van der Waals surface area contributed by atoms with E-state index in [9.17, 15) is 0 Å². The molecule has 2 aromatic rings. The molecule has 3 nitrogen and oxygen atoms in total. The Hall–Kier alpha value is -1.45. The maximum absolute atomic E-state index is 6.04. The first-order valence-electron chi connectivity index (χ1n) is 5.55. The molecular weight excluding hydrogens is 234 g/mol. The van der Waals surface area contributed by atoms with Crippen molar-refractivity contribution in [1.82, 2.24) is 15.3 Å². The first kappa shape index (κ1) is 12.0. The minimum Gasteiger partial charge on any atom is -0.313 e. The van der Waals surface area contributed by atoms with Gasteiger partial charge in [-0.15, -0.1) is 0 Å². The number of nitrogens with zero attached hydrogens (tertiary/aromatic N) is 2. The predicted molar refractivity (Wildman–Crippen MR) is 69.9 cm³/mol. The van der Waals surface area contributed by atoms with Gasteiger partial charge >= 0.3 is 0 Å². The lowest BCUT2D eigenvalue weighted by atomic mass is 10.0. The Morgan fingerprint density at radius 1 is 1.24 bits per heavy atom. The molecule has 17 heavy (non-hydrogen) atoms. The molecule has 0 aliphatic carbocycles. The number of aromatic nitrogens is 2. The second-order valence-electron chi connectivity index (χ2n) is 3.71. The molecule has 0 radical (unpaired) electrons. The summed E-state index contributed by atoms with van der Waals surface area (Å²) < 4.78 is 0. The normalized spacial score (nSPS) is 10.5. The van der Waals surface area contributed by atoms with Crippen LogP contribution in [-0.2, 0) is 6.54 Å². The SMILES string of the molecule is CCNCc1ccc(Cl)cc1-c1cncnc1. The maximum atomic E-state index is 6.04. The monoisotopic (exact) mass is 247 g/mol. The first-order chi connectivity index (χ1) is 8.31. The third-order valence-electron chi connectivity index (χ3n) is 2.51. The molecule has 0 atom stereocenters. The summed E-state index contributed by atoms with van der Waals surface area (Å²) >= 11 is 6.04. The van der Waals surface area contributed by atoms with Gasteiger partial charge in [0.25, 0.3) is 0 Å². The van der Waals surface area contributed by atoms with Gasteiger partial charge in [0.1, 0.15) is 6.33 Å². The average Bonchev–Trinajstić information content (AvgIpc) is 2.38. The number of hydrogen-bond donors (Lipinski definition) is 1. The van der Waals surface area contributed by atoms with Crippen molar-refractivity contribution < 1.29 is 0 Å². The van der Waals surface area contributed by atoms with E-state index in [2.05, 4.69) is 22.2 Å². The second kappa shape index (κ2) is 5.75. The molecule has 0 spiro atoms. The van der Waals surface area contributed by atoms with E-state index in [0.717, 1.165) is 29.2 Å². The van der Waals surface area contributed by atoms with E-state index in [0.29, 0.717) is 0 Å². The van der Waals surface area contributed by atoms with Gasteiger partial charge < -0.3 is 5.32 Å². The van der Waals surface area contributed by atoms with Crippen LogP contribution in [0, 0.1) is 0 Å². The van der Waals surface area contributed by atoms with Gasteiger partial charge in [-0.3, -0.25) is 0 Å². The van der Waals surface area contributed by atoms with Gasteiger partial charge in [-0.05, 0) is 29.8 Å². The van der Waals surface area contributed by atoms with Gasteiger partial charge in [-0.25, -0.2) is 9.97 Å². The summed E-state index contributed by atoms with van der Waals surface area (Å²) in [6.45, 7) is 3.84. The van der Waals surface area contributed by atoms with E-state index in [-0.39, 0.29) is 0 Å². The fourth-order valence-corrected chi connectivity index (χ4v) is 1.84. The summed E-state index contributed by atoms with van der Waals surface area (Å²) in [4.78, 5) is 8.08. The van der Waals surface area contributed by atoms with Gasteiger partial charge in [-0.2, -0.15) is 0 Å². The zero-order valence-corrected chi connectivity index (χ0v) is 10.4. The predicted octanol–water partition coefficient (Wildman–Crippen LogP) is 2.91. The summed E-state index contributed by atoms with van der Waals surface area (Å²) in [7, 11) is 0. The number of halogens is 1. The van der Waals surface area contributed by atoms with E-state index in [1.54, 1.807) is 12.4 Å². The van der Waals surface area contributed by atoms with Crippen molar-refractivity contribution >= 4 is 11.6 Å². The van der Waals surface area contributed by atoms with Crippen LogP contribution in [0.15, 0.2) is 36.9 Å². The second-order valence-corrected chi connectivity index (χ2v) is 4.15. The fraction of sp³-hybridized carbons (Fsp3) is 0.231. The van der Waals surface area contributed by atoms with Crippen molar-refractivity contribution in [2.45, 2.75) is 13.5 Å². The quantitative estimate of drug-likeness (QED) is 0.903. The molecular formula is C13H14ClN3. The van der Waals surface area contributed by atoms with Crippen LogP contribution in [0.3, 0.4) is 0 Å². The van der Waals surface area contributed by atoms with Crippen LogP contribution in [0.5, 0.6) is 0 Å². The van der Waals surface area contributed by atoms with Crippen molar-refractivity contribution in [3.63, 3.8) is 0 Å². The Morgan fingerprint density at radius 3 is 2.71 bits per heavy atom. The first-order valence-corrected chi connectivity index (χ1v) is 5.93. The minimum atomic E-state index is 0.726. The zero-order chi connectivity index (χ0) is 12.1. The van der Waals surface area contributed by atoms with Crippen molar-refractivity contribution in [3.05, 3.63) is 47.5 Å². The molecule has 0 bridgehead atoms. The van der Waals surface area contributed by atoms with Crippen LogP contribution in [0.2, 0.25) is 5.02 Å². The molecule has 0 saturated carbocycles. The highest BCUT2D eigenvalue weighted by Crippen LogP contribution is 2.25. The van der Waals surface area contributed by atoms with E-state index in [4.69, 9.17) is 11.6 Å². The molecule has 0 fully saturated rings. The molecule has 0 amide bonds. The van der Waals surface area contributed by atoms with Crippen LogP contribution in [0.1, 0.15) is 12.5 Å². The zero-order valence-electron chi connectivity index (χ0n) is 9.65. The van der Waals surface area contributed by atoms with E-state index >= 15 is 0 Å². The average molecular weight is 248 g/mol. The summed E-state index contributed by atoms with van der Waals surface area (Å²) in [5, 5.41) is 4.04. The Morgan fingerprint density at radius 2 is 2.00 bits per heavy atom. The highest BCUT2D eigenvalue weighted by Gasteiger charge is 2.06. The lowest BCUT2D eigenvalue weighted by Gasteiger charge is -2.10. The van der Waals surface area contributed by atoms with Crippen LogP contribution in [0.25, 0.3) is 11.1 Å². The maximum Gasteiger partial charge on any atom is 0.115 e. The number of benzene rings is 1. The Bertz CT molecular complexity index is 485. The summed E-state index contributed by atoms with van der Waals surface area (Å²) in [5.74, 6) is 0. The van der Waals surface area contributed by atoms with Gasteiger partial charge in [0.05, 0.1) is 0 Å². The molecule has 0 unspecified atom stereocenters. The van der Waals surface area contributed by atoms with Gasteiger partial charge in [-0.1, -0.05) is 24.6 Å². The highest BCUT2D eigenvalue weighted by atomic mass is 35.5. The van der Waals surface area contributed by atoms with Gasteiger partial charge in [0, 0.05) is 29.5 Å². The minimum absolute atomic E-state index is 0.726. The van der Waals surface area contributed by atoms with Crippen LogP contribution in [-0.4, -0.2) is 16.5 Å².